The molecule has 0 fully saturated rings. The number of sulfonamides is 1. The third kappa shape index (κ3) is 6.85. The summed E-state index contributed by atoms with van der Waals surface area (Å²) in [4.78, 5) is 11.4. The smallest absolute Gasteiger partial charge is 0.303 e. The highest BCUT2D eigenvalue weighted by Crippen LogP contribution is 2.31. The number of carbonyl (C=O) groups is 1. The molecule has 0 aliphatic rings. The molecule has 27 heavy (non-hydrogen) atoms. The van der Waals surface area contributed by atoms with Crippen molar-refractivity contribution in [2.75, 3.05) is 12.3 Å². The van der Waals surface area contributed by atoms with Gasteiger partial charge in [0.15, 0.2) is 0 Å². The van der Waals surface area contributed by atoms with Gasteiger partial charge < -0.3 is 5.11 Å². The maximum absolute atomic E-state index is 12.3. The first-order valence-electron chi connectivity index (χ1n) is 7.77. The molecular weight excluding hydrogens is 453 g/mol. The number of rotatable bonds is 9. The number of halogens is 3. The molecule has 0 aliphatic heterocycles. The van der Waals surface area contributed by atoms with Crippen LogP contribution >= 0.6 is 46.6 Å². The largest absolute Gasteiger partial charge is 0.481 e. The van der Waals surface area contributed by atoms with Gasteiger partial charge in [-0.1, -0.05) is 46.9 Å². The van der Waals surface area contributed by atoms with Crippen LogP contribution in [0.4, 0.5) is 0 Å². The normalized spacial score (nSPS) is 11.5. The van der Waals surface area contributed by atoms with Crippen LogP contribution in [-0.2, 0) is 21.2 Å². The maximum Gasteiger partial charge on any atom is 0.303 e. The molecule has 0 atom stereocenters. The maximum atomic E-state index is 12.3. The summed E-state index contributed by atoms with van der Waals surface area (Å²) in [6.45, 7) is 0.199. The average Bonchev–Trinajstić information content (AvgIpc) is 2.61. The van der Waals surface area contributed by atoms with E-state index in [1.165, 1.54) is 23.9 Å². The van der Waals surface area contributed by atoms with Crippen LogP contribution in [0.2, 0.25) is 15.1 Å². The lowest BCUT2D eigenvalue weighted by atomic mass is 10.1. The second-order valence-electron chi connectivity index (χ2n) is 5.48. The van der Waals surface area contributed by atoms with Gasteiger partial charge in [0, 0.05) is 23.6 Å². The Morgan fingerprint density at radius 3 is 2.30 bits per heavy atom. The van der Waals surface area contributed by atoms with Crippen molar-refractivity contribution in [2.24, 2.45) is 0 Å². The van der Waals surface area contributed by atoms with Crippen molar-refractivity contribution in [2.45, 2.75) is 22.6 Å². The third-order valence-electron chi connectivity index (χ3n) is 3.48. The van der Waals surface area contributed by atoms with Crippen LogP contribution in [0.1, 0.15) is 12.0 Å². The molecule has 146 valence electrons. The Morgan fingerprint density at radius 1 is 1.04 bits per heavy atom. The van der Waals surface area contributed by atoms with Gasteiger partial charge in [0.2, 0.25) is 10.0 Å². The fourth-order valence-corrected chi connectivity index (χ4v) is 5.07. The van der Waals surface area contributed by atoms with Gasteiger partial charge in [0.1, 0.15) is 4.90 Å². The lowest BCUT2D eigenvalue weighted by Crippen LogP contribution is -2.26. The zero-order chi connectivity index (χ0) is 20.0. The van der Waals surface area contributed by atoms with E-state index in [1.54, 1.807) is 0 Å². The summed E-state index contributed by atoms with van der Waals surface area (Å²) in [5.74, 6) is -0.324. The van der Waals surface area contributed by atoms with E-state index in [2.05, 4.69) is 4.72 Å². The van der Waals surface area contributed by atoms with E-state index in [-0.39, 0.29) is 32.9 Å². The first-order chi connectivity index (χ1) is 12.7. The van der Waals surface area contributed by atoms with E-state index in [4.69, 9.17) is 39.9 Å². The van der Waals surface area contributed by atoms with Crippen LogP contribution < -0.4 is 4.72 Å². The Hall–Kier alpha value is -0.960. The Labute approximate surface area is 177 Å². The van der Waals surface area contributed by atoms with Crippen LogP contribution in [0.3, 0.4) is 0 Å². The number of nitrogens with one attached hydrogen (secondary N) is 1. The van der Waals surface area contributed by atoms with Gasteiger partial charge in [-0.05, 0) is 36.2 Å². The minimum absolute atomic E-state index is 0.00139. The average molecular weight is 469 g/mol. The molecule has 0 heterocycles. The fraction of sp³-hybridized carbons (Fsp3) is 0.235. The topological polar surface area (TPSA) is 83.5 Å². The van der Waals surface area contributed by atoms with Gasteiger partial charge in [-0.15, -0.1) is 11.8 Å². The quantitative estimate of drug-likeness (QED) is 0.316. The molecule has 0 bridgehead atoms. The Balaban J connectivity index is 1.87. The second kappa shape index (κ2) is 10.0. The molecule has 0 unspecified atom stereocenters. The molecule has 0 amide bonds. The van der Waals surface area contributed by atoms with Crippen molar-refractivity contribution in [3.8, 4) is 0 Å². The second-order valence-corrected chi connectivity index (χ2v) is 9.61. The molecule has 10 heteroatoms. The molecule has 0 saturated carbocycles. The summed E-state index contributed by atoms with van der Waals surface area (Å²) < 4.78 is 27.2. The van der Waals surface area contributed by atoms with Crippen molar-refractivity contribution >= 4 is 62.6 Å². The number of aryl methyl sites for hydroxylation is 1. The van der Waals surface area contributed by atoms with E-state index in [0.29, 0.717) is 12.2 Å². The third-order valence-corrected chi connectivity index (χ3v) is 7.14. The summed E-state index contributed by atoms with van der Waals surface area (Å²) in [6.07, 6.45) is 0.566. The van der Waals surface area contributed by atoms with Gasteiger partial charge >= 0.3 is 5.97 Å². The lowest BCUT2D eigenvalue weighted by Gasteiger charge is -2.10. The van der Waals surface area contributed by atoms with Gasteiger partial charge in [-0.2, -0.15) is 0 Å². The molecular formula is C17H16Cl3NO4S2. The molecule has 2 N–H and O–H groups in total. The zero-order valence-corrected chi connectivity index (χ0v) is 17.8. The van der Waals surface area contributed by atoms with E-state index >= 15 is 0 Å². The number of hydrogen-bond acceptors (Lipinski definition) is 4. The van der Waals surface area contributed by atoms with Crippen LogP contribution in [0.5, 0.6) is 0 Å². The van der Waals surface area contributed by atoms with Gasteiger partial charge in [0.25, 0.3) is 0 Å². The summed E-state index contributed by atoms with van der Waals surface area (Å²) >= 11 is 19.1. The number of thioether (sulfide) groups is 1. The summed E-state index contributed by atoms with van der Waals surface area (Å²) in [6, 6.07) is 10.0. The van der Waals surface area contributed by atoms with Crippen molar-refractivity contribution in [1.29, 1.82) is 0 Å². The van der Waals surface area contributed by atoms with E-state index in [9.17, 15) is 13.2 Å². The molecule has 5 nitrogen and oxygen atoms in total. The van der Waals surface area contributed by atoms with Crippen LogP contribution in [0, 0.1) is 0 Å². The minimum Gasteiger partial charge on any atom is -0.481 e. The van der Waals surface area contributed by atoms with Crippen molar-refractivity contribution in [1.82, 2.24) is 4.72 Å². The van der Waals surface area contributed by atoms with E-state index < -0.39 is 16.0 Å². The predicted octanol–water partition coefficient (Wildman–Crippen LogP) is 4.73. The number of aliphatic carboxylic acids is 1. The molecule has 2 aromatic rings. The summed E-state index contributed by atoms with van der Waals surface area (Å²) in [5, 5.41) is 8.98. The minimum atomic E-state index is -3.80. The van der Waals surface area contributed by atoms with Gasteiger partial charge in [0.05, 0.1) is 15.1 Å². The Bertz CT molecular complexity index is 919. The molecule has 0 aromatic heterocycles. The fourth-order valence-electron chi connectivity index (χ4n) is 2.14. The highest BCUT2D eigenvalue weighted by atomic mass is 35.5. The summed E-state index contributed by atoms with van der Waals surface area (Å²) in [7, 11) is -3.80. The highest BCUT2D eigenvalue weighted by Gasteiger charge is 2.19. The Kier molecular flexibility index (Phi) is 8.27. The van der Waals surface area contributed by atoms with Crippen LogP contribution in [0.15, 0.2) is 46.2 Å². The van der Waals surface area contributed by atoms with E-state index in [0.717, 1.165) is 10.5 Å². The predicted molar refractivity (Wildman–Crippen MR) is 110 cm³/mol. The molecule has 2 rings (SSSR count). The lowest BCUT2D eigenvalue weighted by molar-refractivity contribution is -0.136. The van der Waals surface area contributed by atoms with Gasteiger partial charge in [-0.25, -0.2) is 13.1 Å². The number of hydrogen-bond donors (Lipinski definition) is 2. The monoisotopic (exact) mass is 467 g/mol. The van der Waals surface area contributed by atoms with Crippen molar-refractivity contribution in [3.63, 3.8) is 0 Å². The number of carboxylic acids is 1. The first kappa shape index (κ1) is 22.3. The molecule has 0 spiro atoms. The molecule has 0 saturated heterocycles. The number of carboxylic acid groups (broad SMARTS) is 1. The standard InChI is InChI=1S/C17H16Cl3NO4S2/c18-13-9-15(20)16(10-14(13)19)27(24,25)21-7-8-26-12-4-1-11(2-5-12)3-6-17(22)23/h1-2,4-5,9-10,21H,3,6-8H2,(H,22,23). The van der Waals surface area contributed by atoms with E-state index in [1.807, 2.05) is 24.3 Å². The molecule has 0 aliphatic carbocycles. The highest BCUT2D eigenvalue weighted by molar-refractivity contribution is 7.99. The first-order valence-corrected chi connectivity index (χ1v) is 11.4. The summed E-state index contributed by atoms with van der Waals surface area (Å²) in [5.41, 5.74) is 0.941. The Morgan fingerprint density at radius 2 is 1.67 bits per heavy atom. The van der Waals surface area contributed by atoms with Crippen molar-refractivity contribution < 1.29 is 18.3 Å². The van der Waals surface area contributed by atoms with Crippen molar-refractivity contribution in [3.05, 3.63) is 57.0 Å². The number of benzene rings is 2. The zero-order valence-electron chi connectivity index (χ0n) is 13.9. The van der Waals surface area contributed by atoms with Crippen LogP contribution in [-0.4, -0.2) is 31.8 Å². The molecule has 2 aromatic carbocycles. The van der Waals surface area contributed by atoms with Gasteiger partial charge in [-0.3, -0.25) is 4.79 Å². The SMILES string of the molecule is O=C(O)CCc1ccc(SCCNS(=O)(=O)c2cc(Cl)c(Cl)cc2Cl)cc1. The molecule has 0 radical (unpaired) electrons. The van der Waals surface area contributed by atoms with Crippen LogP contribution in [0.25, 0.3) is 0 Å².